The van der Waals surface area contributed by atoms with E-state index in [9.17, 15) is 9.59 Å². The van der Waals surface area contributed by atoms with Gasteiger partial charge in [-0.3, -0.25) is 14.4 Å². The molecule has 0 N–H and O–H groups in total. The number of carbonyl (C=O) groups is 2. The monoisotopic (exact) mass is 219 g/mol. The third kappa shape index (κ3) is 2.12. The summed E-state index contributed by atoms with van der Waals surface area (Å²) in [5.41, 5.74) is 1.87. The second-order valence-electron chi connectivity index (χ2n) is 3.70. The highest BCUT2D eigenvalue weighted by Crippen LogP contribution is 2.19. The van der Waals surface area contributed by atoms with Crippen LogP contribution in [-0.2, 0) is 20.8 Å². The Balaban J connectivity index is 2.17. The van der Waals surface area contributed by atoms with Crippen LogP contribution in [0.3, 0.4) is 0 Å². The molecule has 0 bridgehead atoms. The fourth-order valence-corrected chi connectivity index (χ4v) is 1.59. The molecule has 2 rings (SSSR count). The molecule has 0 aromatic heterocycles. The number of hydrogen-bond donors (Lipinski definition) is 0. The van der Waals surface area contributed by atoms with Gasteiger partial charge in [-0.15, -0.1) is 0 Å². The van der Waals surface area contributed by atoms with Gasteiger partial charge in [-0.25, -0.2) is 0 Å². The molecule has 0 spiro atoms. The fourth-order valence-electron chi connectivity index (χ4n) is 1.59. The molecule has 1 aromatic carbocycles. The lowest BCUT2D eigenvalue weighted by molar-refractivity contribution is -0.141. The molecular formula is C12H13NO3. The van der Waals surface area contributed by atoms with Gasteiger partial charge in [0.05, 0.1) is 12.1 Å². The topological polar surface area (TPSA) is 46.6 Å². The van der Waals surface area contributed by atoms with Gasteiger partial charge in [0.2, 0.25) is 0 Å². The van der Waals surface area contributed by atoms with Gasteiger partial charge in [-0.05, 0) is 24.1 Å². The van der Waals surface area contributed by atoms with Crippen molar-refractivity contribution >= 4 is 17.4 Å². The van der Waals surface area contributed by atoms with Gasteiger partial charge in [0.1, 0.15) is 6.61 Å². The van der Waals surface area contributed by atoms with Crippen molar-refractivity contribution in [1.82, 2.24) is 0 Å². The largest absolute Gasteiger partial charge is 0.296 e. The Hall–Kier alpha value is -1.68. The Labute approximate surface area is 93.8 Å². The number of aryl methyl sites for hydroxylation is 1. The molecule has 1 amide bonds. The summed E-state index contributed by atoms with van der Waals surface area (Å²) in [6.45, 7) is 2.04. The van der Waals surface area contributed by atoms with Gasteiger partial charge in [0, 0.05) is 0 Å². The van der Waals surface area contributed by atoms with E-state index in [1.165, 1.54) is 10.6 Å². The van der Waals surface area contributed by atoms with E-state index in [4.69, 9.17) is 4.84 Å². The van der Waals surface area contributed by atoms with Crippen LogP contribution in [0.25, 0.3) is 0 Å². The normalized spacial score (nSPS) is 16.7. The van der Waals surface area contributed by atoms with Gasteiger partial charge >= 0.3 is 0 Å². The summed E-state index contributed by atoms with van der Waals surface area (Å²) in [6, 6.07) is 7.55. The average Bonchev–Trinajstić information content (AvgIpc) is 2.29. The number of Topliss-reactive ketones (excluding diaryl/α,β-unsaturated/α-hetero) is 1. The van der Waals surface area contributed by atoms with Crippen molar-refractivity contribution in [1.29, 1.82) is 0 Å². The van der Waals surface area contributed by atoms with Gasteiger partial charge in [0.15, 0.2) is 5.78 Å². The van der Waals surface area contributed by atoms with Crippen molar-refractivity contribution < 1.29 is 14.4 Å². The number of amides is 1. The Bertz CT molecular complexity index is 411. The SMILES string of the molecule is CCc1ccc(N2OCC(=O)CC2=O)cc1. The van der Waals surface area contributed by atoms with E-state index in [0.29, 0.717) is 5.69 Å². The van der Waals surface area contributed by atoms with Gasteiger partial charge in [-0.1, -0.05) is 19.1 Å². The maximum Gasteiger partial charge on any atom is 0.258 e. The van der Waals surface area contributed by atoms with Crippen LogP contribution in [0.4, 0.5) is 5.69 Å². The summed E-state index contributed by atoms with van der Waals surface area (Å²) in [7, 11) is 0. The Morgan fingerprint density at radius 1 is 1.25 bits per heavy atom. The van der Waals surface area contributed by atoms with Crippen molar-refractivity contribution in [2.75, 3.05) is 11.7 Å². The van der Waals surface area contributed by atoms with Crippen LogP contribution in [0.2, 0.25) is 0 Å². The maximum atomic E-state index is 11.5. The minimum absolute atomic E-state index is 0.0265. The molecule has 0 aliphatic carbocycles. The molecule has 0 unspecified atom stereocenters. The summed E-state index contributed by atoms with van der Waals surface area (Å²) in [5.74, 6) is -0.480. The van der Waals surface area contributed by atoms with Crippen molar-refractivity contribution in [2.24, 2.45) is 0 Å². The molecule has 1 aliphatic rings. The van der Waals surface area contributed by atoms with Crippen LogP contribution in [0.1, 0.15) is 18.9 Å². The summed E-state index contributed by atoms with van der Waals surface area (Å²) in [6.07, 6.45) is 0.878. The van der Waals surface area contributed by atoms with E-state index in [-0.39, 0.29) is 24.7 Å². The van der Waals surface area contributed by atoms with E-state index in [1.54, 1.807) is 0 Å². The molecule has 0 saturated carbocycles. The molecule has 1 saturated heterocycles. The molecule has 0 atom stereocenters. The summed E-state index contributed by atoms with van der Waals surface area (Å²) in [5, 5.41) is 1.20. The molecule has 1 heterocycles. The number of ketones is 1. The highest BCUT2D eigenvalue weighted by Gasteiger charge is 2.26. The number of hydroxylamine groups is 1. The van der Waals surface area contributed by atoms with Crippen LogP contribution in [0.15, 0.2) is 24.3 Å². The zero-order valence-electron chi connectivity index (χ0n) is 9.10. The standard InChI is InChI=1S/C12H13NO3/c1-2-9-3-5-10(6-4-9)13-12(15)7-11(14)8-16-13/h3-6H,2,7-8H2,1H3. The first-order valence-corrected chi connectivity index (χ1v) is 5.27. The quantitative estimate of drug-likeness (QED) is 0.708. The molecule has 0 radical (unpaired) electrons. The van der Waals surface area contributed by atoms with Crippen molar-refractivity contribution in [3.63, 3.8) is 0 Å². The Morgan fingerprint density at radius 2 is 1.94 bits per heavy atom. The lowest BCUT2D eigenvalue weighted by Crippen LogP contribution is -2.40. The van der Waals surface area contributed by atoms with Crippen LogP contribution < -0.4 is 5.06 Å². The molecule has 16 heavy (non-hydrogen) atoms. The Morgan fingerprint density at radius 3 is 2.50 bits per heavy atom. The van der Waals surface area contributed by atoms with Gasteiger partial charge in [-0.2, -0.15) is 5.06 Å². The zero-order valence-corrected chi connectivity index (χ0v) is 9.10. The molecule has 4 heteroatoms. The molecule has 84 valence electrons. The predicted molar refractivity (Wildman–Crippen MR) is 58.9 cm³/mol. The van der Waals surface area contributed by atoms with E-state index < -0.39 is 0 Å². The zero-order chi connectivity index (χ0) is 11.5. The predicted octanol–water partition coefficient (Wildman–Crippen LogP) is 1.49. The van der Waals surface area contributed by atoms with Crippen LogP contribution in [0, 0.1) is 0 Å². The fraction of sp³-hybridized carbons (Fsp3) is 0.333. The number of hydrogen-bond acceptors (Lipinski definition) is 3. The second-order valence-corrected chi connectivity index (χ2v) is 3.70. The number of carbonyl (C=O) groups excluding carboxylic acids is 2. The highest BCUT2D eigenvalue weighted by atomic mass is 16.7. The minimum Gasteiger partial charge on any atom is -0.296 e. The van der Waals surface area contributed by atoms with E-state index in [0.717, 1.165) is 6.42 Å². The molecule has 1 aromatic rings. The maximum absolute atomic E-state index is 11.5. The highest BCUT2D eigenvalue weighted by molar-refractivity contribution is 6.06. The van der Waals surface area contributed by atoms with Crippen molar-refractivity contribution in [3.8, 4) is 0 Å². The Kier molecular flexibility index (Phi) is 3.01. The minimum atomic E-state index is -0.305. The second kappa shape index (κ2) is 4.45. The lowest BCUT2D eigenvalue weighted by atomic mass is 10.1. The molecule has 4 nitrogen and oxygen atoms in total. The van der Waals surface area contributed by atoms with Gasteiger partial charge < -0.3 is 0 Å². The van der Waals surface area contributed by atoms with Crippen molar-refractivity contribution in [3.05, 3.63) is 29.8 Å². The van der Waals surface area contributed by atoms with Crippen LogP contribution in [0.5, 0.6) is 0 Å². The van der Waals surface area contributed by atoms with E-state index in [1.807, 2.05) is 24.3 Å². The first-order chi connectivity index (χ1) is 7.70. The average molecular weight is 219 g/mol. The molecule has 1 fully saturated rings. The lowest BCUT2D eigenvalue weighted by Gasteiger charge is -2.25. The van der Waals surface area contributed by atoms with E-state index in [2.05, 4.69) is 6.92 Å². The van der Waals surface area contributed by atoms with Crippen molar-refractivity contribution in [2.45, 2.75) is 19.8 Å². The third-order valence-corrected chi connectivity index (χ3v) is 2.51. The van der Waals surface area contributed by atoms with Crippen LogP contribution >= 0.6 is 0 Å². The van der Waals surface area contributed by atoms with Gasteiger partial charge in [0.25, 0.3) is 5.91 Å². The summed E-state index contributed by atoms with van der Waals surface area (Å²) in [4.78, 5) is 27.6. The third-order valence-electron chi connectivity index (χ3n) is 2.51. The number of nitrogens with zero attached hydrogens (tertiary/aromatic N) is 1. The molecule has 1 aliphatic heterocycles. The summed E-state index contributed by atoms with van der Waals surface area (Å²) < 4.78 is 0. The first kappa shape index (κ1) is 10.8. The first-order valence-electron chi connectivity index (χ1n) is 5.27. The molecular weight excluding hydrogens is 206 g/mol. The summed E-state index contributed by atoms with van der Waals surface area (Å²) >= 11 is 0. The van der Waals surface area contributed by atoms with E-state index >= 15 is 0 Å². The number of benzene rings is 1. The smallest absolute Gasteiger partial charge is 0.258 e. The number of anilines is 1. The number of rotatable bonds is 2. The van der Waals surface area contributed by atoms with Crippen LogP contribution in [-0.4, -0.2) is 18.3 Å².